The number of halogens is 9. The van der Waals surface area contributed by atoms with Crippen LogP contribution in [0.1, 0.15) is 307 Å². The molecular weight excluding hydrogens is 1770 g/mol. The molecule has 0 aromatic heterocycles. The van der Waals surface area contributed by atoms with Gasteiger partial charge in [-0.15, -0.1) is 0 Å². The Balaban J connectivity index is -0.000000406. The summed E-state index contributed by atoms with van der Waals surface area (Å²) in [6.45, 7) is 23.9. The number of alkyl halides is 9. The quantitative estimate of drug-likeness (QED) is 0.0435. The fraction of sp³-hybridized carbons (Fsp3) is 0.687. The summed E-state index contributed by atoms with van der Waals surface area (Å²) >= 11 is 0. The molecule has 0 heterocycles. The first-order chi connectivity index (χ1) is 48.2. The Kier molecular flexibility index (Phi) is 58.7. The van der Waals surface area contributed by atoms with E-state index in [2.05, 4.69) is 98.7 Å². The Labute approximate surface area is 735 Å². The molecule has 6 aliphatic carbocycles. The van der Waals surface area contributed by atoms with E-state index in [1.807, 2.05) is 0 Å². The van der Waals surface area contributed by atoms with E-state index in [0.717, 1.165) is 27.7 Å². The van der Waals surface area contributed by atoms with Crippen LogP contribution >= 0.6 is 21.4 Å². The van der Waals surface area contributed by atoms with Crippen molar-refractivity contribution in [2.24, 2.45) is 0 Å². The normalized spacial score (nSPS) is 16.9. The van der Waals surface area contributed by atoms with Crippen LogP contribution in [0.25, 0.3) is 0 Å². The third-order valence-electron chi connectivity index (χ3n) is 20.2. The molecule has 0 bridgehead atoms. The molecule has 0 spiro atoms. The average molecular weight is 1910 g/mol. The molecule has 6 aliphatic rings. The van der Waals surface area contributed by atoms with E-state index in [1.54, 1.807) is 0 Å². The van der Waals surface area contributed by atoms with Crippen molar-refractivity contribution in [3.63, 3.8) is 0 Å². The summed E-state index contributed by atoms with van der Waals surface area (Å²) in [4.78, 5) is 56.8. The van der Waals surface area contributed by atoms with Gasteiger partial charge in [0, 0.05) is 175 Å². The van der Waals surface area contributed by atoms with Gasteiger partial charge in [-0.2, -0.15) is 39.5 Å². The second-order valence-electron chi connectivity index (χ2n) is 29.4. The second kappa shape index (κ2) is 55.5. The number of Topliss-reactive ketones (excluding diaryl/α,β-unsaturated/α-hetero) is 2. The van der Waals surface area contributed by atoms with Crippen LogP contribution in [0.15, 0.2) is 48.2 Å². The van der Waals surface area contributed by atoms with Crippen LogP contribution in [0.5, 0.6) is 0 Å². The SMILES string of the molecule is C.C.C.C.CC(=O)CC(=O)C(F)(F)F.CC(=O)O.CC(=O)O.CC(=O)O.Cc1cc(C)c(P(=O)(C2CCCCC2)C2CCCCC2)c(C)c1.Cc1cc(C)c(P(=O)(C2CCCCC2)C2CCCCC2)c(C)c1.Cc1cc(C)c(P(=O)(C2CCCCC2)C2CCCCC2)c(C)c1.O=C(C=C(O)C(F)(F)F)C(F)(F)F.[Eu].[Eu]. The number of ketones is 3. The Morgan fingerprint density at radius 2 is 0.500 bits per heavy atom. The van der Waals surface area contributed by atoms with Gasteiger partial charge in [-0.1, -0.05) is 198 Å². The zero-order chi connectivity index (χ0) is 79.3. The predicted octanol–water partition coefficient (Wildman–Crippen LogP) is 24.8. The molecule has 0 atom stereocenters. The van der Waals surface area contributed by atoms with E-state index < -0.39 is 93.5 Å². The number of aliphatic hydroxyl groups is 1. The first kappa shape index (κ1) is 116. The minimum Gasteiger partial charge on any atom is -0.504 e. The zero-order valence-electron chi connectivity index (χ0n) is 64.4. The van der Waals surface area contributed by atoms with Crippen molar-refractivity contribution in [1.82, 2.24) is 0 Å². The van der Waals surface area contributed by atoms with Gasteiger partial charge in [0.05, 0.1) is 6.42 Å². The van der Waals surface area contributed by atoms with Gasteiger partial charge in [0.15, 0.2) is 0 Å². The van der Waals surface area contributed by atoms with Gasteiger partial charge in [0.1, 0.15) is 27.2 Å². The fourth-order valence-corrected chi connectivity index (χ4v) is 31.0. The topological polar surface area (TPSA) is 235 Å². The monoisotopic (exact) mass is 1910 g/mol. The molecule has 0 amide bonds. The summed E-state index contributed by atoms with van der Waals surface area (Å²) in [6.07, 6.45) is 20.2. The summed E-state index contributed by atoms with van der Waals surface area (Å²) in [5.41, 5.74) is 14.4. The van der Waals surface area contributed by atoms with Crippen molar-refractivity contribution in [2.75, 3.05) is 0 Å². The van der Waals surface area contributed by atoms with Crippen molar-refractivity contribution < 1.29 is 201 Å². The predicted molar refractivity (Wildman–Crippen MR) is 426 cm³/mol. The molecule has 0 saturated heterocycles. The molecule has 27 heteroatoms. The molecule has 2 radical (unpaired) electrons. The summed E-state index contributed by atoms with van der Waals surface area (Å²) in [6, 6.07) is 13.6. The fourth-order valence-electron chi connectivity index (χ4n) is 16.6. The number of rotatable bonds is 12. The number of benzene rings is 3. The van der Waals surface area contributed by atoms with Crippen LogP contribution in [-0.2, 0) is 42.5 Å². The van der Waals surface area contributed by atoms with Gasteiger partial charge in [-0.3, -0.25) is 28.8 Å². The number of carbonyl (C=O) groups excluding carboxylic acids is 3. The zero-order valence-corrected chi connectivity index (χ0v) is 71.9. The molecule has 0 unspecified atom stereocenters. The first-order valence-corrected chi connectivity index (χ1v) is 42.5. The van der Waals surface area contributed by atoms with Crippen LogP contribution < -0.4 is 15.9 Å². The summed E-state index contributed by atoms with van der Waals surface area (Å²) in [5, 5.41) is 34.0. The smallest absolute Gasteiger partial charge is 0.454 e. The molecule has 3 aromatic carbocycles. The molecule has 3 aromatic rings. The minimum absolute atomic E-state index is 0. The molecule has 110 heavy (non-hydrogen) atoms. The van der Waals surface area contributed by atoms with E-state index in [0.29, 0.717) is 34.0 Å². The number of aliphatic carboxylic acids is 3. The van der Waals surface area contributed by atoms with Crippen LogP contribution in [0.4, 0.5) is 39.5 Å². The van der Waals surface area contributed by atoms with Crippen LogP contribution in [0.2, 0.25) is 0 Å². The molecule has 9 rings (SSSR count). The maximum atomic E-state index is 14.7. The van der Waals surface area contributed by atoms with E-state index in [9.17, 15) is 67.6 Å². The van der Waals surface area contributed by atoms with Gasteiger partial charge >= 0.3 is 18.5 Å². The number of carboxylic acids is 3. The van der Waals surface area contributed by atoms with E-state index in [4.69, 9.17) is 34.8 Å². The van der Waals surface area contributed by atoms with Crippen molar-refractivity contribution in [1.29, 1.82) is 0 Å². The standard InChI is InChI=1S/3C21H33OP.C5H2F6O2.C5H5F3O2.3C2H4O2.4CH4.2Eu/c3*1-16-14-17(2)21(18(3)15-16)23(22,19-10-6-4-7-11-19)20-12-8-5-9-13-20;6-4(7,8)2(12)1-3(13)5(9,10)11;1-3(9)2-4(10)5(6,7)8;3*1-2(3)4;;;;;;/h3*14-15,19-20H,4-13H2,1-3H3;1,12H;2H2,1H3;3*1H3,(H,3,4);4*1H4;;. The number of hydrogen-bond donors (Lipinski definition) is 4. The first-order valence-electron chi connectivity index (χ1n) is 37.0. The largest absolute Gasteiger partial charge is 0.504 e. The van der Waals surface area contributed by atoms with Crippen molar-refractivity contribution in [3.05, 3.63) is 98.3 Å². The molecule has 13 nitrogen and oxygen atoms in total. The van der Waals surface area contributed by atoms with Crippen molar-refractivity contribution in [2.45, 2.75) is 371 Å². The van der Waals surface area contributed by atoms with Crippen LogP contribution in [0, 0.1) is 161 Å². The van der Waals surface area contributed by atoms with Gasteiger partial charge in [-0.25, -0.2) is 0 Å². The van der Waals surface area contributed by atoms with E-state index >= 15 is 0 Å². The third kappa shape index (κ3) is 38.5. The number of carbonyl (C=O) groups is 6. The molecule has 4 N–H and O–H groups in total. The van der Waals surface area contributed by atoms with Crippen molar-refractivity contribution in [3.8, 4) is 0 Å². The number of allylic oxidation sites excluding steroid dienone is 2. The molecular formula is C83H134Eu2F9O13P3. The Morgan fingerprint density at radius 1 is 0.336 bits per heavy atom. The summed E-state index contributed by atoms with van der Waals surface area (Å²) < 4.78 is 146. The maximum absolute atomic E-state index is 14.7. The Morgan fingerprint density at radius 3 is 0.618 bits per heavy atom. The van der Waals surface area contributed by atoms with Gasteiger partial charge in [-0.05, 0) is 180 Å². The second-order valence-corrected chi connectivity index (χ2v) is 39.3. The van der Waals surface area contributed by atoms with Crippen LogP contribution in [0.3, 0.4) is 0 Å². The Bertz CT molecular complexity index is 3030. The van der Waals surface area contributed by atoms with E-state index in [-0.39, 0.29) is 128 Å². The van der Waals surface area contributed by atoms with Crippen molar-refractivity contribution >= 4 is 72.6 Å². The van der Waals surface area contributed by atoms with Gasteiger partial charge in [0.2, 0.25) is 11.5 Å². The summed E-state index contributed by atoms with van der Waals surface area (Å²) in [5.74, 6) is -10.6. The number of carboxylic acid groups (broad SMARTS) is 3. The van der Waals surface area contributed by atoms with Crippen LogP contribution in [-0.4, -0.2) is 108 Å². The third-order valence-corrected chi connectivity index (χ3v) is 34.0. The van der Waals surface area contributed by atoms with Gasteiger partial charge < -0.3 is 34.1 Å². The van der Waals surface area contributed by atoms with Gasteiger partial charge in [0.25, 0.3) is 23.7 Å². The average Bonchev–Trinajstić information content (AvgIpc) is 0.764. The summed E-state index contributed by atoms with van der Waals surface area (Å²) in [7, 11) is -6.95. The maximum Gasteiger partial charge on any atom is 0.454 e. The number of aryl methyl sites for hydroxylation is 9. The molecule has 636 valence electrons. The minimum atomic E-state index is -5.42. The van der Waals surface area contributed by atoms with E-state index in [1.165, 1.54) is 259 Å². The molecule has 6 fully saturated rings. The molecule has 0 aliphatic heterocycles. The number of aliphatic hydroxyl groups excluding tert-OH is 1. The number of hydrogen-bond acceptors (Lipinski definition) is 10. The Hall–Kier alpha value is -2.15. The molecule has 6 saturated carbocycles.